The SMILES string of the molecule is CCN(C(C)C)S(=O)(=O)c1cc(C(=O)O)ccc1OC. The summed E-state index contributed by atoms with van der Waals surface area (Å²) in [5.41, 5.74) is -0.0933. The molecule has 0 radical (unpaired) electrons. The normalized spacial score (nSPS) is 11.9. The van der Waals surface area contributed by atoms with Gasteiger partial charge in [0.2, 0.25) is 10.0 Å². The molecule has 0 heterocycles. The summed E-state index contributed by atoms with van der Waals surface area (Å²) < 4.78 is 31.6. The number of carboxylic acids is 1. The van der Waals surface area contributed by atoms with Gasteiger partial charge in [-0.3, -0.25) is 0 Å². The highest BCUT2D eigenvalue weighted by Crippen LogP contribution is 2.28. The smallest absolute Gasteiger partial charge is 0.335 e. The second-order valence-corrected chi connectivity index (χ2v) is 6.33. The van der Waals surface area contributed by atoms with Crippen molar-refractivity contribution in [2.45, 2.75) is 31.7 Å². The highest BCUT2D eigenvalue weighted by atomic mass is 32.2. The van der Waals surface area contributed by atoms with Crippen LogP contribution in [0, 0.1) is 0 Å². The molecule has 0 fully saturated rings. The zero-order valence-corrected chi connectivity index (χ0v) is 12.8. The number of hydrogen-bond donors (Lipinski definition) is 1. The Labute approximate surface area is 119 Å². The van der Waals surface area contributed by atoms with E-state index in [9.17, 15) is 13.2 Å². The minimum Gasteiger partial charge on any atom is -0.495 e. The predicted molar refractivity (Wildman–Crippen MR) is 74.7 cm³/mol. The van der Waals surface area contributed by atoms with E-state index in [2.05, 4.69) is 0 Å². The standard InChI is InChI=1S/C13H19NO5S/c1-5-14(9(2)3)20(17,18)12-8-10(13(15)16)6-7-11(12)19-4/h6-9H,5H2,1-4H3,(H,15,16). The molecule has 0 spiro atoms. The number of methoxy groups -OCH3 is 1. The second kappa shape index (κ2) is 6.23. The van der Waals surface area contributed by atoms with Crippen molar-refractivity contribution < 1.29 is 23.1 Å². The molecule has 1 aromatic rings. The maximum Gasteiger partial charge on any atom is 0.335 e. The van der Waals surface area contributed by atoms with Crippen LogP contribution >= 0.6 is 0 Å². The number of rotatable bonds is 6. The molecule has 0 aliphatic rings. The maximum atomic E-state index is 12.6. The van der Waals surface area contributed by atoms with E-state index in [4.69, 9.17) is 9.84 Å². The van der Waals surface area contributed by atoms with E-state index in [1.807, 2.05) is 0 Å². The van der Waals surface area contributed by atoms with Crippen LogP contribution in [0.2, 0.25) is 0 Å². The molecule has 20 heavy (non-hydrogen) atoms. The maximum absolute atomic E-state index is 12.6. The van der Waals surface area contributed by atoms with Gasteiger partial charge in [-0.15, -0.1) is 0 Å². The molecule has 0 saturated carbocycles. The molecule has 0 amide bonds. The summed E-state index contributed by atoms with van der Waals surface area (Å²) in [4.78, 5) is 10.9. The summed E-state index contributed by atoms with van der Waals surface area (Å²) in [6, 6.07) is 3.56. The van der Waals surface area contributed by atoms with Gasteiger partial charge < -0.3 is 9.84 Å². The molecule has 0 atom stereocenters. The predicted octanol–water partition coefficient (Wildman–Crippen LogP) is 1.81. The lowest BCUT2D eigenvalue weighted by molar-refractivity contribution is 0.0696. The van der Waals surface area contributed by atoms with Crippen molar-refractivity contribution in [1.82, 2.24) is 4.31 Å². The molecule has 0 aromatic heterocycles. The summed E-state index contributed by atoms with van der Waals surface area (Å²) in [6.45, 7) is 5.54. The van der Waals surface area contributed by atoms with Crippen molar-refractivity contribution in [2.75, 3.05) is 13.7 Å². The Morgan fingerprint density at radius 1 is 1.40 bits per heavy atom. The van der Waals surface area contributed by atoms with Crippen LogP contribution < -0.4 is 4.74 Å². The van der Waals surface area contributed by atoms with E-state index in [1.54, 1.807) is 20.8 Å². The van der Waals surface area contributed by atoms with Gasteiger partial charge >= 0.3 is 5.97 Å². The van der Waals surface area contributed by atoms with Gasteiger partial charge in [0.25, 0.3) is 0 Å². The van der Waals surface area contributed by atoms with Crippen LogP contribution in [0.15, 0.2) is 23.1 Å². The van der Waals surface area contributed by atoms with E-state index in [0.717, 1.165) is 6.07 Å². The largest absolute Gasteiger partial charge is 0.495 e. The van der Waals surface area contributed by atoms with E-state index in [-0.39, 0.29) is 22.3 Å². The lowest BCUT2D eigenvalue weighted by Gasteiger charge is -2.25. The summed E-state index contributed by atoms with van der Waals surface area (Å²) >= 11 is 0. The molecule has 0 bridgehead atoms. The number of benzene rings is 1. The van der Waals surface area contributed by atoms with E-state index in [0.29, 0.717) is 6.54 Å². The Morgan fingerprint density at radius 2 is 2.00 bits per heavy atom. The van der Waals surface area contributed by atoms with Gasteiger partial charge in [0, 0.05) is 12.6 Å². The number of carboxylic acid groups (broad SMARTS) is 1. The first-order valence-electron chi connectivity index (χ1n) is 6.18. The van der Waals surface area contributed by atoms with Crippen molar-refractivity contribution in [2.24, 2.45) is 0 Å². The van der Waals surface area contributed by atoms with Crippen LogP contribution in [-0.4, -0.2) is 43.5 Å². The average Bonchev–Trinajstić information content (AvgIpc) is 2.37. The topological polar surface area (TPSA) is 83.9 Å². The molecule has 0 saturated heterocycles. The summed E-state index contributed by atoms with van der Waals surface area (Å²) in [5, 5.41) is 8.99. The van der Waals surface area contributed by atoms with Gasteiger partial charge in [-0.25, -0.2) is 13.2 Å². The van der Waals surface area contributed by atoms with Gasteiger partial charge in [0.15, 0.2) is 0 Å². The van der Waals surface area contributed by atoms with Gasteiger partial charge in [-0.1, -0.05) is 6.92 Å². The average molecular weight is 301 g/mol. The third-order valence-electron chi connectivity index (χ3n) is 2.88. The van der Waals surface area contributed by atoms with E-state index < -0.39 is 16.0 Å². The molecule has 1 aromatic carbocycles. The van der Waals surface area contributed by atoms with E-state index in [1.165, 1.54) is 23.5 Å². The van der Waals surface area contributed by atoms with Crippen LogP contribution in [0.4, 0.5) is 0 Å². The first-order chi connectivity index (χ1) is 9.25. The number of aromatic carboxylic acids is 1. The van der Waals surface area contributed by atoms with Crippen molar-refractivity contribution in [3.8, 4) is 5.75 Å². The minimum atomic E-state index is -3.80. The molecule has 0 aliphatic heterocycles. The van der Waals surface area contributed by atoms with Crippen molar-refractivity contribution >= 4 is 16.0 Å². The fourth-order valence-electron chi connectivity index (χ4n) is 1.95. The van der Waals surface area contributed by atoms with Crippen molar-refractivity contribution in [1.29, 1.82) is 0 Å². The van der Waals surface area contributed by atoms with Gasteiger partial charge in [-0.05, 0) is 32.0 Å². The minimum absolute atomic E-state index is 0.0933. The number of hydrogen-bond acceptors (Lipinski definition) is 4. The number of nitrogens with zero attached hydrogens (tertiary/aromatic N) is 1. The van der Waals surface area contributed by atoms with Crippen LogP contribution in [0.5, 0.6) is 5.75 Å². The third kappa shape index (κ3) is 3.10. The Kier molecular flexibility index (Phi) is 5.13. The molecule has 1 rings (SSSR count). The number of carbonyl (C=O) groups is 1. The summed E-state index contributed by atoms with van der Waals surface area (Å²) in [6.07, 6.45) is 0. The fraction of sp³-hybridized carbons (Fsp3) is 0.462. The third-order valence-corrected chi connectivity index (χ3v) is 5.06. The van der Waals surface area contributed by atoms with Gasteiger partial charge in [0.1, 0.15) is 10.6 Å². The van der Waals surface area contributed by atoms with Crippen molar-refractivity contribution in [3.05, 3.63) is 23.8 Å². The van der Waals surface area contributed by atoms with Crippen LogP contribution in [0.25, 0.3) is 0 Å². The highest BCUT2D eigenvalue weighted by Gasteiger charge is 2.29. The zero-order valence-electron chi connectivity index (χ0n) is 12.0. The molecule has 6 nitrogen and oxygen atoms in total. The van der Waals surface area contributed by atoms with E-state index >= 15 is 0 Å². The molecule has 7 heteroatoms. The second-order valence-electron chi connectivity index (χ2n) is 4.47. The Bertz CT molecular complexity index is 595. The van der Waals surface area contributed by atoms with Gasteiger partial charge in [0.05, 0.1) is 12.7 Å². The van der Waals surface area contributed by atoms with Crippen LogP contribution in [-0.2, 0) is 10.0 Å². The fourth-order valence-corrected chi connectivity index (χ4v) is 3.78. The Hall–Kier alpha value is -1.60. The molecular weight excluding hydrogens is 282 g/mol. The summed E-state index contributed by atoms with van der Waals surface area (Å²) in [7, 11) is -2.46. The first-order valence-corrected chi connectivity index (χ1v) is 7.62. The zero-order chi connectivity index (χ0) is 15.5. The Balaban J connectivity index is 3.49. The lowest BCUT2D eigenvalue weighted by Crippen LogP contribution is -2.36. The highest BCUT2D eigenvalue weighted by molar-refractivity contribution is 7.89. The van der Waals surface area contributed by atoms with Crippen molar-refractivity contribution in [3.63, 3.8) is 0 Å². The molecule has 0 unspecified atom stereocenters. The van der Waals surface area contributed by atoms with Gasteiger partial charge in [-0.2, -0.15) is 4.31 Å². The monoisotopic (exact) mass is 301 g/mol. The molecular formula is C13H19NO5S. The molecule has 112 valence electrons. The van der Waals surface area contributed by atoms with Crippen LogP contribution in [0.3, 0.4) is 0 Å². The molecule has 0 aliphatic carbocycles. The Morgan fingerprint density at radius 3 is 2.40 bits per heavy atom. The summed E-state index contributed by atoms with van der Waals surface area (Å²) in [5.74, 6) is -1.05. The number of sulfonamides is 1. The number of ether oxygens (including phenoxy) is 1. The van der Waals surface area contributed by atoms with Crippen LogP contribution in [0.1, 0.15) is 31.1 Å². The quantitative estimate of drug-likeness (QED) is 0.866. The molecule has 1 N–H and O–H groups in total. The lowest BCUT2D eigenvalue weighted by atomic mass is 10.2. The first kappa shape index (κ1) is 16.5.